The highest BCUT2D eigenvalue weighted by Crippen LogP contribution is 2.33. The third-order valence-corrected chi connectivity index (χ3v) is 3.27. The maximum absolute atomic E-state index is 12.2. The van der Waals surface area contributed by atoms with Crippen LogP contribution in [0.15, 0.2) is 18.2 Å². The molecule has 102 valence electrons. The Labute approximate surface area is 113 Å². The Morgan fingerprint density at radius 1 is 1.37 bits per heavy atom. The predicted molar refractivity (Wildman–Crippen MR) is 73.8 cm³/mol. The lowest BCUT2D eigenvalue weighted by Gasteiger charge is -2.30. The van der Waals surface area contributed by atoms with Crippen LogP contribution in [0.5, 0.6) is 5.75 Å². The van der Waals surface area contributed by atoms with Crippen molar-refractivity contribution in [3.63, 3.8) is 0 Å². The molecule has 0 saturated carbocycles. The monoisotopic (exact) mass is 261 g/mol. The molecule has 0 N–H and O–H groups in total. The number of hydrogen-bond acceptors (Lipinski definition) is 3. The third-order valence-electron chi connectivity index (χ3n) is 3.27. The van der Waals surface area contributed by atoms with Gasteiger partial charge in [0.25, 0.3) is 0 Å². The quantitative estimate of drug-likeness (QED) is 0.783. The number of rotatable bonds is 4. The number of fused-ring (bicyclic) bond motifs is 1. The van der Waals surface area contributed by atoms with E-state index in [0.717, 1.165) is 18.5 Å². The fraction of sp³-hybridized carbons (Fsp3) is 0.467. The highest BCUT2D eigenvalue weighted by molar-refractivity contribution is 5.99. The van der Waals surface area contributed by atoms with Crippen molar-refractivity contribution in [3.05, 3.63) is 23.8 Å². The first kappa shape index (κ1) is 13.6. The zero-order chi connectivity index (χ0) is 13.8. The number of ketones is 1. The largest absolute Gasteiger partial charge is 0.490 e. The van der Waals surface area contributed by atoms with Gasteiger partial charge in [-0.15, -0.1) is 0 Å². The number of anilines is 1. The van der Waals surface area contributed by atoms with Gasteiger partial charge < -0.3 is 9.64 Å². The summed E-state index contributed by atoms with van der Waals surface area (Å²) in [5.74, 6) is 0.780. The molecule has 0 spiro atoms. The molecule has 0 atom stereocenters. The molecule has 0 fully saturated rings. The van der Waals surface area contributed by atoms with E-state index in [1.165, 1.54) is 6.92 Å². The molecule has 4 heteroatoms. The molecule has 0 saturated heterocycles. The van der Waals surface area contributed by atoms with E-state index in [4.69, 9.17) is 4.74 Å². The van der Waals surface area contributed by atoms with Crippen molar-refractivity contribution in [2.75, 3.05) is 18.1 Å². The van der Waals surface area contributed by atoms with Gasteiger partial charge in [0.05, 0.1) is 12.2 Å². The van der Waals surface area contributed by atoms with E-state index in [2.05, 4.69) is 6.92 Å². The second-order valence-electron chi connectivity index (χ2n) is 4.74. The zero-order valence-corrected chi connectivity index (χ0v) is 11.4. The van der Waals surface area contributed by atoms with E-state index >= 15 is 0 Å². The van der Waals surface area contributed by atoms with Gasteiger partial charge >= 0.3 is 0 Å². The molecule has 0 aromatic heterocycles. The highest BCUT2D eigenvalue weighted by Gasteiger charge is 2.23. The summed E-state index contributed by atoms with van der Waals surface area (Å²) in [5.41, 5.74) is 1.33. The molecule has 0 bridgehead atoms. The smallest absolute Gasteiger partial charge is 0.227 e. The Kier molecular flexibility index (Phi) is 4.20. The van der Waals surface area contributed by atoms with Crippen molar-refractivity contribution in [2.24, 2.45) is 0 Å². The molecule has 0 unspecified atom stereocenters. The van der Waals surface area contributed by atoms with E-state index in [-0.39, 0.29) is 11.7 Å². The minimum Gasteiger partial charge on any atom is -0.490 e. The van der Waals surface area contributed by atoms with Gasteiger partial charge in [-0.25, -0.2) is 0 Å². The number of Topliss-reactive ketones (excluding diaryl/α,β-unsaturated/α-hetero) is 1. The van der Waals surface area contributed by atoms with Gasteiger partial charge in [-0.3, -0.25) is 9.59 Å². The fourth-order valence-corrected chi connectivity index (χ4v) is 2.16. The normalized spacial score (nSPS) is 13.7. The first-order valence-electron chi connectivity index (χ1n) is 6.71. The summed E-state index contributed by atoms with van der Waals surface area (Å²) < 4.78 is 5.54. The number of carbonyl (C=O) groups is 2. The molecule has 2 rings (SSSR count). The average Bonchev–Trinajstić information content (AvgIpc) is 2.43. The van der Waals surface area contributed by atoms with E-state index in [1.807, 2.05) is 0 Å². The summed E-state index contributed by atoms with van der Waals surface area (Å²) in [7, 11) is 0. The van der Waals surface area contributed by atoms with Crippen LogP contribution in [0.3, 0.4) is 0 Å². The minimum atomic E-state index is -0.00525. The van der Waals surface area contributed by atoms with Crippen molar-refractivity contribution in [3.8, 4) is 5.75 Å². The Hall–Kier alpha value is -1.84. The molecular weight excluding hydrogens is 242 g/mol. The van der Waals surface area contributed by atoms with Crippen LogP contribution >= 0.6 is 0 Å². The van der Waals surface area contributed by atoms with Gasteiger partial charge in [-0.05, 0) is 31.5 Å². The number of ether oxygens (including phenoxy) is 1. The second-order valence-corrected chi connectivity index (χ2v) is 4.74. The van der Waals surface area contributed by atoms with Crippen molar-refractivity contribution >= 4 is 17.4 Å². The summed E-state index contributed by atoms with van der Waals surface area (Å²) in [6, 6.07) is 5.26. The number of unbranched alkanes of at least 4 members (excludes halogenated alkanes) is 1. The standard InChI is InChI=1S/C15H19NO3/c1-3-4-5-15(18)16-8-9-19-14-7-6-12(11(2)17)10-13(14)16/h6-7,10H,3-5,8-9H2,1-2H3. The number of amides is 1. The van der Waals surface area contributed by atoms with Gasteiger partial charge in [0.15, 0.2) is 5.78 Å². The lowest BCUT2D eigenvalue weighted by Crippen LogP contribution is -2.37. The van der Waals surface area contributed by atoms with E-state index < -0.39 is 0 Å². The predicted octanol–water partition coefficient (Wildman–Crippen LogP) is 2.80. The van der Waals surface area contributed by atoms with Gasteiger partial charge in [0.1, 0.15) is 12.4 Å². The molecule has 19 heavy (non-hydrogen) atoms. The van der Waals surface area contributed by atoms with Gasteiger partial charge in [-0.1, -0.05) is 13.3 Å². The lowest BCUT2D eigenvalue weighted by molar-refractivity contribution is -0.119. The molecule has 0 radical (unpaired) electrons. The number of nitrogens with zero attached hydrogens (tertiary/aromatic N) is 1. The number of hydrogen-bond donors (Lipinski definition) is 0. The van der Waals surface area contributed by atoms with Crippen LogP contribution in [-0.4, -0.2) is 24.8 Å². The van der Waals surface area contributed by atoms with E-state index in [9.17, 15) is 9.59 Å². The van der Waals surface area contributed by atoms with Gasteiger partial charge in [-0.2, -0.15) is 0 Å². The third kappa shape index (κ3) is 2.95. The maximum Gasteiger partial charge on any atom is 0.227 e. The van der Waals surface area contributed by atoms with Crippen LogP contribution in [0.25, 0.3) is 0 Å². The Balaban J connectivity index is 2.28. The summed E-state index contributed by atoms with van der Waals surface area (Å²) in [4.78, 5) is 25.4. The van der Waals surface area contributed by atoms with Crippen LogP contribution in [0.4, 0.5) is 5.69 Å². The summed E-state index contributed by atoms with van der Waals surface area (Å²) in [6.07, 6.45) is 2.43. The molecule has 1 amide bonds. The molecule has 1 aromatic carbocycles. The maximum atomic E-state index is 12.2. The molecule has 1 aromatic rings. The average molecular weight is 261 g/mol. The molecule has 1 aliphatic heterocycles. The Morgan fingerprint density at radius 2 is 2.16 bits per heavy atom. The van der Waals surface area contributed by atoms with Crippen LogP contribution < -0.4 is 9.64 Å². The summed E-state index contributed by atoms with van der Waals surface area (Å²) in [6.45, 7) is 4.64. The summed E-state index contributed by atoms with van der Waals surface area (Å²) >= 11 is 0. The molecule has 1 aliphatic rings. The van der Waals surface area contributed by atoms with Crippen LogP contribution in [0, 0.1) is 0 Å². The van der Waals surface area contributed by atoms with Crippen molar-refractivity contribution in [2.45, 2.75) is 33.1 Å². The fourth-order valence-electron chi connectivity index (χ4n) is 2.16. The molecule has 1 heterocycles. The van der Waals surface area contributed by atoms with Crippen molar-refractivity contribution in [1.82, 2.24) is 0 Å². The molecule has 4 nitrogen and oxygen atoms in total. The Morgan fingerprint density at radius 3 is 2.84 bits per heavy atom. The first-order valence-corrected chi connectivity index (χ1v) is 6.71. The van der Waals surface area contributed by atoms with Gasteiger partial charge in [0, 0.05) is 12.0 Å². The van der Waals surface area contributed by atoms with Crippen molar-refractivity contribution in [1.29, 1.82) is 0 Å². The van der Waals surface area contributed by atoms with E-state index in [0.29, 0.717) is 30.9 Å². The molecule has 0 aliphatic carbocycles. The Bertz CT molecular complexity index is 496. The van der Waals surface area contributed by atoms with Gasteiger partial charge in [0.2, 0.25) is 5.91 Å². The lowest BCUT2D eigenvalue weighted by atomic mass is 10.1. The van der Waals surface area contributed by atoms with Crippen molar-refractivity contribution < 1.29 is 14.3 Å². The second kappa shape index (κ2) is 5.87. The number of carbonyl (C=O) groups excluding carboxylic acids is 2. The molecular formula is C15H19NO3. The highest BCUT2D eigenvalue weighted by atomic mass is 16.5. The first-order chi connectivity index (χ1) is 9.13. The topological polar surface area (TPSA) is 46.6 Å². The van der Waals surface area contributed by atoms with Crippen LogP contribution in [0.2, 0.25) is 0 Å². The zero-order valence-electron chi connectivity index (χ0n) is 11.4. The van der Waals surface area contributed by atoms with Crippen LogP contribution in [-0.2, 0) is 4.79 Å². The van der Waals surface area contributed by atoms with E-state index in [1.54, 1.807) is 23.1 Å². The minimum absolute atomic E-state index is 0.00525. The number of benzene rings is 1. The van der Waals surface area contributed by atoms with Crippen LogP contribution in [0.1, 0.15) is 43.5 Å². The SMILES string of the molecule is CCCCC(=O)N1CCOc2ccc(C(C)=O)cc21. The summed E-state index contributed by atoms with van der Waals surface area (Å²) in [5, 5.41) is 0.